The molecule has 1 fully saturated rings. The van der Waals surface area contributed by atoms with Crippen LogP contribution in [0.4, 0.5) is 0 Å². The van der Waals surface area contributed by atoms with Gasteiger partial charge >= 0.3 is 0 Å². The Balaban J connectivity index is 1.65. The molecule has 8 heteroatoms. The lowest BCUT2D eigenvalue weighted by atomic mass is 9.97. The van der Waals surface area contributed by atoms with Crippen molar-refractivity contribution >= 4 is 11.8 Å². The van der Waals surface area contributed by atoms with Gasteiger partial charge in [-0.1, -0.05) is 5.21 Å². The number of aromatic nitrogens is 4. The van der Waals surface area contributed by atoms with Gasteiger partial charge in [-0.2, -0.15) is 0 Å². The molecule has 1 saturated heterocycles. The van der Waals surface area contributed by atoms with E-state index in [2.05, 4.69) is 15.3 Å². The number of nitrogens with two attached hydrogens (primary N) is 1. The lowest BCUT2D eigenvalue weighted by Gasteiger charge is -2.32. The SMILES string of the molecule is NC(=O)c1ccc(C(=O)N2CCCC(Cn3ccnn3)C2)nc1. The van der Waals surface area contributed by atoms with Crippen molar-refractivity contribution in [3.05, 3.63) is 42.0 Å². The summed E-state index contributed by atoms with van der Waals surface area (Å²) in [6.07, 6.45) is 6.81. The van der Waals surface area contributed by atoms with Crippen LogP contribution in [-0.4, -0.2) is 49.8 Å². The number of likely N-dealkylation sites (tertiary alicyclic amines) is 1. The Morgan fingerprint density at radius 3 is 2.87 bits per heavy atom. The summed E-state index contributed by atoms with van der Waals surface area (Å²) in [5.41, 5.74) is 5.80. The Kier molecular flexibility index (Phi) is 4.31. The molecule has 0 aromatic carbocycles. The first-order chi connectivity index (χ1) is 11.1. The normalized spacial score (nSPS) is 17.9. The summed E-state index contributed by atoms with van der Waals surface area (Å²) in [4.78, 5) is 29.5. The maximum Gasteiger partial charge on any atom is 0.272 e. The quantitative estimate of drug-likeness (QED) is 0.875. The molecule has 0 radical (unpaired) electrons. The highest BCUT2D eigenvalue weighted by Gasteiger charge is 2.25. The van der Waals surface area contributed by atoms with E-state index in [1.807, 2.05) is 6.20 Å². The minimum Gasteiger partial charge on any atom is -0.366 e. The average molecular weight is 314 g/mol. The Morgan fingerprint density at radius 1 is 1.35 bits per heavy atom. The largest absolute Gasteiger partial charge is 0.366 e. The molecule has 2 N–H and O–H groups in total. The number of pyridine rings is 1. The first kappa shape index (κ1) is 15.1. The molecule has 1 atom stereocenters. The van der Waals surface area contributed by atoms with Crippen LogP contribution in [0.1, 0.15) is 33.7 Å². The van der Waals surface area contributed by atoms with Crippen LogP contribution in [0.25, 0.3) is 0 Å². The Labute approximate surface area is 133 Å². The third kappa shape index (κ3) is 3.53. The summed E-state index contributed by atoms with van der Waals surface area (Å²) in [6.45, 7) is 2.13. The first-order valence-corrected chi connectivity index (χ1v) is 7.52. The molecule has 23 heavy (non-hydrogen) atoms. The summed E-state index contributed by atoms with van der Waals surface area (Å²) in [7, 11) is 0. The summed E-state index contributed by atoms with van der Waals surface area (Å²) in [5, 5.41) is 7.77. The minimum absolute atomic E-state index is 0.121. The van der Waals surface area contributed by atoms with Crippen molar-refractivity contribution in [3.63, 3.8) is 0 Å². The fourth-order valence-electron chi connectivity index (χ4n) is 2.82. The van der Waals surface area contributed by atoms with Crippen LogP contribution in [0, 0.1) is 5.92 Å². The molecule has 1 aliphatic heterocycles. The summed E-state index contributed by atoms with van der Waals surface area (Å²) in [6, 6.07) is 3.07. The molecule has 1 unspecified atom stereocenters. The van der Waals surface area contributed by atoms with E-state index in [0.29, 0.717) is 30.3 Å². The monoisotopic (exact) mass is 314 g/mol. The van der Waals surface area contributed by atoms with Crippen molar-refractivity contribution in [2.24, 2.45) is 11.7 Å². The zero-order valence-electron chi connectivity index (χ0n) is 12.6. The van der Waals surface area contributed by atoms with Crippen LogP contribution in [0.3, 0.4) is 0 Å². The van der Waals surface area contributed by atoms with E-state index >= 15 is 0 Å². The lowest BCUT2D eigenvalue weighted by Crippen LogP contribution is -2.41. The van der Waals surface area contributed by atoms with Crippen molar-refractivity contribution in [1.82, 2.24) is 24.9 Å². The summed E-state index contributed by atoms with van der Waals surface area (Å²) >= 11 is 0. The fraction of sp³-hybridized carbons (Fsp3) is 0.400. The highest BCUT2D eigenvalue weighted by molar-refractivity contribution is 5.95. The van der Waals surface area contributed by atoms with E-state index in [1.54, 1.807) is 21.8 Å². The second-order valence-electron chi connectivity index (χ2n) is 5.68. The second-order valence-corrected chi connectivity index (χ2v) is 5.68. The number of primary amides is 1. The molecule has 0 aliphatic carbocycles. The van der Waals surface area contributed by atoms with E-state index in [1.165, 1.54) is 12.3 Å². The van der Waals surface area contributed by atoms with Gasteiger partial charge in [0.15, 0.2) is 0 Å². The van der Waals surface area contributed by atoms with Gasteiger partial charge < -0.3 is 10.6 Å². The highest BCUT2D eigenvalue weighted by atomic mass is 16.2. The molecule has 120 valence electrons. The maximum atomic E-state index is 12.5. The molecule has 3 rings (SSSR count). The molecule has 2 aromatic rings. The van der Waals surface area contributed by atoms with Gasteiger partial charge in [0.05, 0.1) is 11.8 Å². The first-order valence-electron chi connectivity index (χ1n) is 7.52. The average Bonchev–Trinajstić information content (AvgIpc) is 3.07. The standard InChI is InChI=1S/C15H18N6O2/c16-14(22)12-3-4-13(17-8-12)15(23)20-6-1-2-11(9-20)10-21-7-5-18-19-21/h3-5,7-8,11H,1-2,6,9-10H2,(H2,16,22). The number of piperidine rings is 1. The van der Waals surface area contributed by atoms with E-state index in [0.717, 1.165) is 19.4 Å². The van der Waals surface area contributed by atoms with Crippen molar-refractivity contribution < 1.29 is 9.59 Å². The van der Waals surface area contributed by atoms with Gasteiger partial charge in [0.1, 0.15) is 5.69 Å². The molecular weight excluding hydrogens is 296 g/mol. The summed E-state index contributed by atoms with van der Waals surface area (Å²) < 4.78 is 1.79. The maximum absolute atomic E-state index is 12.5. The van der Waals surface area contributed by atoms with Crippen LogP contribution >= 0.6 is 0 Å². The Bertz CT molecular complexity index is 683. The second kappa shape index (κ2) is 6.55. The van der Waals surface area contributed by atoms with Crippen molar-refractivity contribution in [3.8, 4) is 0 Å². The smallest absolute Gasteiger partial charge is 0.272 e. The van der Waals surface area contributed by atoms with Crippen molar-refractivity contribution in [1.29, 1.82) is 0 Å². The molecule has 8 nitrogen and oxygen atoms in total. The Morgan fingerprint density at radius 2 is 2.22 bits per heavy atom. The zero-order valence-corrected chi connectivity index (χ0v) is 12.6. The topological polar surface area (TPSA) is 107 Å². The number of rotatable bonds is 4. The highest BCUT2D eigenvalue weighted by Crippen LogP contribution is 2.19. The third-order valence-corrected chi connectivity index (χ3v) is 3.99. The molecule has 3 heterocycles. The van der Waals surface area contributed by atoms with Gasteiger partial charge in [0, 0.05) is 32.0 Å². The van der Waals surface area contributed by atoms with Gasteiger partial charge in [-0.15, -0.1) is 5.10 Å². The molecule has 2 amide bonds. The summed E-state index contributed by atoms with van der Waals surface area (Å²) in [5.74, 6) is -0.328. The van der Waals surface area contributed by atoms with Gasteiger partial charge in [0.2, 0.25) is 5.91 Å². The fourth-order valence-corrected chi connectivity index (χ4v) is 2.82. The molecule has 1 aliphatic rings. The van der Waals surface area contributed by atoms with E-state index in [4.69, 9.17) is 5.73 Å². The van der Waals surface area contributed by atoms with E-state index in [9.17, 15) is 9.59 Å². The number of hydrogen-bond acceptors (Lipinski definition) is 5. The van der Waals surface area contributed by atoms with E-state index in [-0.39, 0.29) is 5.91 Å². The van der Waals surface area contributed by atoms with Crippen LogP contribution < -0.4 is 5.73 Å². The number of nitrogens with zero attached hydrogens (tertiary/aromatic N) is 5. The molecule has 0 saturated carbocycles. The van der Waals surface area contributed by atoms with Crippen molar-refractivity contribution in [2.45, 2.75) is 19.4 Å². The third-order valence-electron chi connectivity index (χ3n) is 3.99. The molecule has 2 aromatic heterocycles. The lowest BCUT2D eigenvalue weighted by molar-refractivity contribution is 0.0653. The van der Waals surface area contributed by atoms with Crippen molar-refractivity contribution in [2.75, 3.05) is 13.1 Å². The van der Waals surface area contributed by atoms with E-state index < -0.39 is 5.91 Å². The van der Waals surface area contributed by atoms with Gasteiger partial charge in [-0.3, -0.25) is 19.3 Å². The molecular formula is C15H18N6O2. The minimum atomic E-state index is -0.553. The van der Waals surface area contributed by atoms with Crippen LogP contribution in [0.15, 0.2) is 30.7 Å². The van der Waals surface area contributed by atoms with Gasteiger partial charge in [0.25, 0.3) is 5.91 Å². The number of amides is 2. The molecule has 0 spiro atoms. The van der Waals surface area contributed by atoms with Crippen LogP contribution in [0.5, 0.6) is 0 Å². The predicted molar refractivity (Wildman–Crippen MR) is 81.4 cm³/mol. The van der Waals surface area contributed by atoms with Crippen LogP contribution in [0.2, 0.25) is 0 Å². The van der Waals surface area contributed by atoms with Gasteiger partial charge in [-0.25, -0.2) is 0 Å². The number of hydrogen-bond donors (Lipinski definition) is 1. The van der Waals surface area contributed by atoms with Crippen LogP contribution in [-0.2, 0) is 6.54 Å². The van der Waals surface area contributed by atoms with Gasteiger partial charge in [-0.05, 0) is 30.9 Å². The zero-order chi connectivity index (χ0) is 16.2. The number of carbonyl (C=O) groups is 2. The molecule has 0 bridgehead atoms. The predicted octanol–water partition coefficient (Wildman–Crippen LogP) is 0.324. The number of carbonyl (C=O) groups excluding carboxylic acids is 2. The Hall–Kier alpha value is -2.77.